The van der Waals surface area contributed by atoms with E-state index in [1.807, 2.05) is 11.7 Å². The second kappa shape index (κ2) is 8.42. The molecule has 1 aliphatic heterocycles. The topological polar surface area (TPSA) is 57.5 Å². The summed E-state index contributed by atoms with van der Waals surface area (Å²) in [6.07, 6.45) is 5.08. The summed E-state index contributed by atoms with van der Waals surface area (Å²) >= 11 is 0. The summed E-state index contributed by atoms with van der Waals surface area (Å²) in [5.74, 6) is 1.66. The standard InChI is InChI=1S/C20H36N6/c1-6-21-20(22-12-17-9-10-26(13-17)18-7-8-18)23-14(2)11-19-15(3)24-25(5)16(19)4/h14,17-18H,6-13H2,1-5H3,(H2,21,22,23). The number of aryl methyl sites for hydroxylation is 2. The fourth-order valence-electron chi connectivity index (χ4n) is 4.03. The van der Waals surface area contributed by atoms with Crippen molar-refractivity contribution in [3.8, 4) is 0 Å². The molecule has 2 fully saturated rings. The zero-order valence-electron chi connectivity index (χ0n) is 17.2. The molecule has 0 spiro atoms. The average Bonchev–Trinajstić information content (AvgIpc) is 3.30. The highest BCUT2D eigenvalue weighted by Gasteiger charge is 2.34. The lowest BCUT2D eigenvalue weighted by molar-refractivity contribution is 0.315. The molecule has 146 valence electrons. The van der Waals surface area contributed by atoms with Crippen molar-refractivity contribution in [2.24, 2.45) is 18.0 Å². The zero-order valence-corrected chi connectivity index (χ0v) is 17.2. The smallest absolute Gasteiger partial charge is 0.191 e. The maximum absolute atomic E-state index is 4.89. The summed E-state index contributed by atoms with van der Waals surface area (Å²) in [4.78, 5) is 7.55. The largest absolute Gasteiger partial charge is 0.357 e. The molecule has 26 heavy (non-hydrogen) atoms. The number of aliphatic imine (C=N–C) groups is 1. The molecule has 2 atom stereocenters. The fraction of sp³-hybridized carbons (Fsp3) is 0.800. The van der Waals surface area contributed by atoms with Gasteiger partial charge in [-0.05, 0) is 71.4 Å². The maximum Gasteiger partial charge on any atom is 0.191 e. The van der Waals surface area contributed by atoms with E-state index >= 15 is 0 Å². The monoisotopic (exact) mass is 360 g/mol. The van der Waals surface area contributed by atoms with Gasteiger partial charge in [-0.2, -0.15) is 5.10 Å². The zero-order chi connectivity index (χ0) is 18.7. The van der Waals surface area contributed by atoms with Gasteiger partial charge < -0.3 is 15.5 Å². The molecule has 2 unspecified atom stereocenters. The van der Waals surface area contributed by atoms with Crippen LogP contribution < -0.4 is 10.6 Å². The lowest BCUT2D eigenvalue weighted by Crippen LogP contribution is -2.43. The van der Waals surface area contributed by atoms with Gasteiger partial charge in [0.2, 0.25) is 0 Å². The predicted molar refractivity (Wildman–Crippen MR) is 108 cm³/mol. The minimum absolute atomic E-state index is 0.320. The number of aromatic nitrogens is 2. The highest BCUT2D eigenvalue weighted by molar-refractivity contribution is 5.80. The van der Waals surface area contributed by atoms with Crippen LogP contribution in [0.5, 0.6) is 0 Å². The second-order valence-corrected chi connectivity index (χ2v) is 8.12. The molecule has 0 amide bonds. The van der Waals surface area contributed by atoms with Crippen LogP contribution in [0, 0.1) is 19.8 Å². The van der Waals surface area contributed by atoms with Crippen LogP contribution in [0.15, 0.2) is 4.99 Å². The van der Waals surface area contributed by atoms with Crippen molar-refractivity contribution in [2.45, 2.75) is 65.5 Å². The highest BCUT2D eigenvalue weighted by Crippen LogP contribution is 2.31. The molecule has 2 N–H and O–H groups in total. The normalized spacial score (nSPS) is 22.7. The van der Waals surface area contributed by atoms with Gasteiger partial charge in [-0.25, -0.2) is 0 Å². The molecule has 1 aliphatic carbocycles. The summed E-state index contributed by atoms with van der Waals surface area (Å²) in [5, 5.41) is 11.5. The Morgan fingerprint density at radius 2 is 2.08 bits per heavy atom. The van der Waals surface area contributed by atoms with Crippen molar-refractivity contribution in [1.29, 1.82) is 0 Å². The number of hydrogen-bond donors (Lipinski definition) is 2. The first-order valence-electron chi connectivity index (χ1n) is 10.3. The van der Waals surface area contributed by atoms with E-state index in [2.05, 4.69) is 48.3 Å². The van der Waals surface area contributed by atoms with Crippen LogP contribution in [0.2, 0.25) is 0 Å². The number of rotatable bonds is 7. The van der Waals surface area contributed by atoms with Gasteiger partial charge in [-0.3, -0.25) is 9.67 Å². The molecule has 2 aliphatic rings. The lowest BCUT2D eigenvalue weighted by atomic mass is 10.1. The average molecular weight is 361 g/mol. The van der Waals surface area contributed by atoms with Gasteiger partial charge >= 0.3 is 0 Å². The second-order valence-electron chi connectivity index (χ2n) is 8.12. The van der Waals surface area contributed by atoms with Crippen LogP contribution in [0.3, 0.4) is 0 Å². The molecule has 6 heteroatoms. The molecule has 1 aromatic heterocycles. The van der Waals surface area contributed by atoms with Gasteiger partial charge in [-0.1, -0.05) is 0 Å². The number of hydrogen-bond acceptors (Lipinski definition) is 3. The van der Waals surface area contributed by atoms with Crippen LogP contribution in [0.25, 0.3) is 0 Å². The molecule has 3 rings (SSSR count). The third-order valence-corrected chi connectivity index (χ3v) is 5.78. The van der Waals surface area contributed by atoms with Crippen molar-refractivity contribution in [3.05, 3.63) is 17.0 Å². The molecule has 0 bridgehead atoms. The number of nitrogens with one attached hydrogen (secondary N) is 2. The van der Waals surface area contributed by atoms with Gasteiger partial charge in [0.1, 0.15) is 0 Å². The van der Waals surface area contributed by atoms with E-state index in [4.69, 9.17) is 4.99 Å². The molecule has 6 nitrogen and oxygen atoms in total. The summed E-state index contributed by atoms with van der Waals surface area (Å²) in [6, 6.07) is 1.21. The number of guanidine groups is 1. The van der Waals surface area contributed by atoms with Gasteiger partial charge in [0.15, 0.2) is 5.96 Å². The van der Waals surface area contributed by atoms with E-state index < -0.39 is 0 Å². The van der Waals surface area contributed by atoms with Gasteiger partial charge in [0, 0.05) is 44.5 Å². The summed E-state index contributed by atoms with van der Waals surface area (Å²) < 4.78 is 1.97. The Kier molecular flexibility index (Phi) is 6.22. The Hall–Kier alpha value is -1.56. The lowest BCUT2D eigenvalue weighted by Gasteiger charge is -2.19. The van der Waals surface area contributed by atoms with Crippen molar-refractivity contribution < 1.29 is 0 Å². The predicted octanol–water partition coefficient (Wildman–Crippen LogP) is 2.01. The van der Waals surface area contributed by atoms with Crippen LogP contribution in [-0.2, 0) is 13.5 Å². The van der Waals surface area contributed by atoms with Crippen molar-refractivity contribution >= 4 is 5.96 Å². The van der Waals surface area contributed by atoms with Crippen molar-refractivity contribution in [2.75, 3.05) is 26.2 Å². The van der Waals surface area contributed by atoms with E-state index in [0.717, 1.165) is 37.2 Å². The van der Waals surface area contributed by atoms with Crippen LogP contribution in [0.4, 0.5) is 0 Å². The Bertz CT molecular complexity index is 630. The van der Waals surface area contributed by atoms with E-state index in [1.54, 1.807) is 0 Å². The Morgan fingerprint density at radius 3 is 2.69 bits per heavy atom. The van der Waals surface area contributed by atoms with E-state index in [-0.39, 0.29) is 0 Å². The molecule has 0 aromatic carbocycles. The minimum Gasteiger partial charge on any atom is -0.357 e. The molecular weight excluding hydrogens is 324 g/mol. The van der Waals surface area contributed by atoms with Crippen molar-refractivity contribution in [3.63, 3.8) is 0 Å². The Balaban J connectivity index is 1.53. The Labute approximate surface area is 158 Å². The van der Waals surface area contributed by atoms with Crippen LogP contribution >= 0.6 is 0 Å². The first kappa shape index (κ1) is 19.2. The van der Waals surface area contributed by atoms with E-state index in [1.165, 1.54) is 43.6 Å². The first-order chi connectivity index (χ1) is 12.5. The van der Waals surface area contributed by atoms with E-state index in [9.17, 15) is 0 Å². The summed E-state index contributed by atoms with van der Waals surface area (Å²) in [5.41, 5.74) is 3.73. The van der Waals surface area contributed by atoms with Gasteiger partial charge in [0.05, 0.1) is 5.69 Å². The maximum atomic E-state index is 4.89. The van der Waals surface area contributed by atoms with Crippen molar-refractivity contribution in [1.82, 2.24) is 25.3 Å². The Morgan fingerprint density at radius 1 is 1.31 bits per heavy atom. The molecule has 0 radical (unpaired) electrons. The fourth-order valence-corrected chi connectivity index (χ4v) is 4.03. The molecule has 1 saturated heterocycles. The third-order valence-electron chi connectivity index (χ3n) is 5.78. The van der Waals surface area contributed by atoms with Gasteiger partial charge in [-0.15, -0.1) is 0 Å². The highest BCUT2D eigenvalue weighted by atomic mass is 15.3. The first-order valence-corrected chi connectivity index (χ1v) is 10.3. The number of nitrogens with zero attached hydrogens (tertiary/aromatic N) is 4. The minimum atomic E-state index is 0.320. The third kappa shape index (κ3) is 4.78. The van der Waals surface area contributed by atoms with Crippen LogP contribution in [-0.4, -0.2) is 58.9 Å². The quantitative estimate of drug-likeness (QED) is 0.577. The van der Waals surface area contributed by atoms with Gasteiger partial charge in [0.25, 0.3) is 0 Å². The summed E-state index contributed by atoms with van der Waals surface area (Å²) in [6.45, 7) is 12.9. The molecule has 1 aromatic rings. The molecule has 2 heterocycles. The molecular formula is C20H36N6. The van der Waals surface area contributed by atoms with Crippen LogP contribution in [0.1, 0.15) is 50.1 Å². The number of likely N-dealkylation sites (tertiary alicyclic amines) is 1. The SMILES string of the molecule is CCNC(=NCC1CCN(C2CC2)C1)NC(C)Cc1c(C)nn(C)c1C. The van der Waals surface area contributed by atoms with E-state index in [0.29, 0.717) is 12.0 Å². The summed E-state index contributed by atoms with van der Waals surface area (Å²) in [7, 11) is 2.02. The molecule has 1 saturated carbocycles.